The quantitative estimate of drug-likeness (QED) is 0.373. The zero-order valence-corrected chi connectivity index (χ0v) is 17.0. The third-order valence-electron chi connectivity index (χ3n) is 5.00. The van der Waals surface area contributed by atoms with Gasteiger partial charge < -0.3 is 20.4 Å². The lowest BCUT2D eigenvalue weighted by Crippen LogP contribution is -2.46. The van der Waals surface area contributed by atoms with Gasteiger partial charge in [-0.05, 0) is 57.0 Å². The Labute approximate surface area is 164 Å². The molecule has 1 fully saturated rings. The lowest BCUT2D eigenvalue weighted by atomic mass is 10.1. The topological polar surface area (TPSA) is 42.9 Å². The average Bonchev–Trinajstić information content (AvgIpc) is 2.68. The second-order valence-corrected chi connectivity index (χ2v) is 7.05. The van der Waals surface area contributed by atoms with Crippen LogP contribution >= 0.6 is 0 Å². The zero-order chi connectivity index (χ0) is 19.3. The van der Waals surface area contributed by atoms with Gasteiger partial charge in [0.1, 0.15) is 5.82 Å². The molecule has 1 aromatic rings. The van der Waals surface area contributed by atoms with Crippen LogP contribution in [0.4, 0.5) is 4.39 Å². The van der Waals surface area contributed by atoms with Crippen molar-refractivity contribution in [2.45, 2.75) is 33.1 Å². The van der Waals surface area contributed by atoms with Gasteiger partial charge in [-0.15, -0.1) is 0 Å². The largest absolute Gasteiger partial charge is 0.357 e. The number of nitrogens with zero attached hydrogens (tertiary/aromatic N) is 3. The predicted octanol–water partition coefficient (Wildman–Crippen LogP) is 2.34. The number of nitrogens with one attached hydrogen (secondary N) is 2. The van der Waals surface area contributed by atoms with Gasteiger partial charge in [0, 0.05) is 45.8 Å². The van der Waals surface area contributed by atoms with Crippen molar-refractivity contribution in [2.24, 2.45) is 4.99 Å². The second kappa shape index (κ2) is 12.7. The molecule has 152 valence electrons. The molecule has 0 aromatic heterocycles. The average molecular weight is 378 g/mol. The fraction of sp³-hybridized carbons (Fsp3) is 0.667. The van der Waals surface area contributed by atoms with E-state index in [0.29, 0.717) is 0 Å². The molecule has 1 aromatic carbocycles. The number of halogens is 1. The van der Waals surface area contributed by atoms with E-state index in [9.17, 15) is 4.39 Å². The van der Waals surface area contributed by atoms with Crippen LogP contribution in [-0.2, 0) is 6.42 Å². The van der Waals surface area contributed by atoms with E-state index in [2.05, 4.69) is 39.3 Å². The minimum atomic E-state index is -0.177. The third kappa shape index (κ3) is 8.71. The van der Waals surface area contributed by atoms with Crippen LogP contribution in [0.15, 0.2) is 29.3 Å². The van der Waals surface area contributed by atoms with Crippen molar-refractivity contribution < 1.29 is 4.39 Å². The normalized spacial score (nSPS) is 16.5. The van der Waals surface area contributed by atoms with Crippen molar-refractivity contribution >= 4 is 5.96 Å². The standard InChI is InChI=1S/C21H36FN5/c1-3-23-21(25-12-10-19-8-7-9-20(22)18-19)24-11-5-6-13-27-16-14-26(4-2)15-17-27/h7-9,18H,3-6,10-17H2,1-2H3,(H2,23,24,25). The molecule has 1 aliphatic heterocycles. The van der Waals surface area contributed by atoms with E-state index in [-0.39, 0.29) is 5.82 Å². The van der Waals surface area contributed by atoms with Gasteiger partial charge in [0.2, 0.25) is 0 Å². The SMILES string of the molecule is CCNC(=NCCCCN1CCN(CC)CC1)NCCc1cccc(F)c1. The van der Waals surface area contributed by atoms with Gasteiger partial charge in [0.05, 0.1) is 0 Å². The molecule has 0 unspecified atom stereocenters. The molecule has 2 N–H and O–H groups in total. The fourth-order valence-corrected chi connectivity index (χ4v) is 3.33. The van der Waals surface area contributed by atoms with E-state index in [1.54, 1.807) is 12.1 Å². The molecule has 27 heavy (non-hydrogen) atoms. The molecule has 0 saturated carbocycles. The number of rotatable bonds is 10. The Balaban J connectivity index is 1.61. The molecule has 0 atom stereocenters. The Hall–Kier alpha value is -1.66. The summed E-state index contributed by atoms with van der Waals surface area (Å²) in [7, 11) is 0. The summed E-state index contributed by atoms with van der Waals surface area (Å²) in [5, 5.41) is 6.62. The van der Waals surface area contributed by atoms with Crippen LogP contribution in [0.25, 0.3) is 0 Å². The predicted molar refractivity (Wildman–Crippen MR) is 112 cm³/mol. The smallest absolute Gasteiger partial charge is 0.191 e. The van der Waals surface area contributed by atoms with Gasteiger partial charge in [0.25, 0.3) is 0 Å². The van der Waals surface area contributed by atoms with Crippen LogP contribution in [0.5, 0.6) is 0 Å². The Morgan fingerprint density at radius 3 is 2.56 bits per heavy atom. The van der Waals surface area contributed by atoms with Crippen LogP contribution in [-0.4, -0.2) is 74.7 Å². The first-order chi connectivity index (χ1) is 13.2. The maximum atomic E-state index is 13.2. The van der Waals surface area contributed by atoms with E-state index in [1.807, 2.05) is 6.07 Å². The number of benzene rings is 1. The van der Waals surface area contributed by atoms with Crippen molar-refractivity contribution in [1.82, 2.24) is 20.4 Å². The molecule has 1 aliphatic rings. The number of unbranched alkanes of at least 4 members (excludes halogenated alkanes) is 1. The molecule has 5 nitrogen and oxygen atoms in total. The maximum Gasteiger partial charge on any atom is 0.191 e. The van der Waals surface area contributed by atoms with Crippen molar-refractivity contribution in [3.05, 3.63) is 35.6 Å². The van der Waals surface area contributed by atoms with E-state index >= 15 is 0 Å². The molecule has 1 heterocycles. The molecule has 0 bridgehead atoms. The number of guanidine groups is 1. The first kappa shape index (κ1) is 21.6. The van der Waals surface area contributed by atoms with E-state index in [4.69, 9.17) is 0 Å². The highest BCUT2D eigenvalue weighted by atomic mass is 19.1. The molecule has 1 saturated heterocycles. The van der Waals surface area contributed by atoms with E-state index in [0.717, 1.165) is 44.0 Å². The summed E-state index contributed by atoms with van der Waals surface area (Å²) in [5.41, 5.74) is 1.00. The summed E-state index contributed by atoms with van der Waals surface area (Å²) < 4.78 is 13.2. The number of likely N-dealkylation sites (N-methyl/N-ethyl adjacent to an activating group) is 1. The highest BCUT2D eigenvalue weighted by Crippen LogP contribution is 2.04. The van der Waals surface area contributed by atoms with Gasteiger partial charge in [0.15, 0.2) is 5.96 Å². The van der Waals surface area contributed by atoms with Crippen molar-refractivity contribution in [3.8, 4) is 0 Å². The first-order valence-electron chi connectivity index (χ1n) is 10.4. The minimum Gasteiger partial charge on any atom is -0.357 e. The van der Waals surface area contributed by atoms with Gasteiger partial charge in [-0.2, -0.15) is 0 Å². The molecular formula is C21H36FN5. The molecule has 0 amide bonds. The number of hydrogen-bond acceptors (Lipinski definition) is 3. The molecule has 0 aliphatic carbocycles. The zero-order valence-electron chi connectivity index (χ0n) is 17.0. The van der Waals surface area contributed by atoms with Crippen molar-refractivity contribution in [1.29, 1.82) is 0 Å². The van der Waals surface area contributed by atoms with Gasteiger partial charge in [-0.3, -0.25) is 4.99 Å². The second-order valence-electron chi connectivity index (χ2n) is 7.05. The Bertz CT molecular complexity index is 555. The van der Waals surface area contributed by atoms with Crippen LogP contribution in [0.1, 0.15) is 32.3 Å². The van der Waals surface area contributed by atoms with Gasteiger partial charge in [-0.1, -0.05) is 19.1 Å². The maximum absolute atomic E-state index is 13.2. The monoisotopic (exact) mass is 377 g/mol. The van der Waals surface area contributed by atoms with Crippen molar-refractivity contribution in [2.75, 3.05) is 58.9 Å². The third-order valence-corrected chi connectivity index (χ3v) is 5.00. The van der Waals surface area contributed by atoms with Crippen LogP contribution in [0.3, 0.4) is 0 Å². The molecular weight excluding hydrogens is 341 g/mol. The lowest BCUT2D eigenvalue weighted by Gasteiger charge is -2.33. The van der Waals surface area contributed by atoms with Crippen LogP contribution in [0.2, 0.25) is 0 Å². The number of aliphatic imine (C=N–C) groups is 1. The Morgan fingerprint density at radius 1 is 1.07 bits per heavy atom. The molecule has 0 radical (unpaired) electrons. The molecule has 2 rings (SSSR count). The van der Waals surface area contributed by atoms with Crippen molar-refractivity contribution in [3.63, 3.8) is 0 Å². The Morgan fingerprint density at radius 2 is 1.85 bits per heavy atom. The summed E-state index contributed by atoms with van der Waals surface area (Å²) in [6, 6.07) is 6.78. The first-order valence-corrected chi connectivity index (χ1v) is 10.4. The summed E-state index contributed by atoms with van der Waals surface area (Å²) in [6.07, 6.45) is 3.08. The summed E-state index contributed by atoms with van der Waals surface area (Å²) in [4.78, 5) is 9.74. The Kier molecular flexibility index (Phi) is 10.2. The van der Waals surface area contributed by atoms with E-state index in [1.165, 1.54) is 51.8 Å². The summed E-state index contributed by atoms with van der Waals surface area (Å²) >= 11 is 0. The van der Waals surface area contributed by atoms with Crippen LogP contribution in [0, 0.1) is 5.82 Å². The fourth-order valence-electron chi connectivity index (χ4n) is 3.33. The highest BCUT2D eigenvalue weighted by molar-refractivity contribution is 5.79. The van der Waals surface area contributed by atoms with Crippen LogP contribution < -0.4 is 10.6 Å². The van der Waals surface area contributed by atoms with Gasteiger partial charge >= 0.3 is 0 Å². The number of piperazine rings is 1. The summed E-state index contributed by atoms with van der Waals surface area (Å²) in [5.74, 6) is 0.676. The minimum absolute atomic E-state index is 0.177. The number of hydrogen-bond donors (Lipinski definition) is 2. The summed E-state index contributed by atoms with van der Waals surface area (Å²) in [6.45, 7) is 13.9. The lowest BCUT2D eigenvalue weighted by molar-refractivity contribution is 0.136. The highest BCUT2D eigenvalue weighted by Gasteiger charge is 2.14. The van der Waals surface area contributed by atoms with E-state index < -0.39 is 0 Å². The van der Waals surface area contributed by atoms with Gasteiger partial charge in [-0.25, -0.2) is 4.39 Å². The molecule has 6 heteroatoms. The molecule has 0 spiro atoms.